The van der Waals surface area contributed by atoms with E-state index in [0.29, 0.717) is 28.2 Å². The summed E-state index contributed by atoms with van der Waals surface area (Å²) in [5, 5.41) is 0.434. The number of rotatable bonds is 9. The van der Waals surface area contributed by atoms with Gasteiger partial charge in [0.25, 0.3) is 6.48 Å². The first kappa shape index (κ1) is 14.4. The summed E-state index contributed by atoms with van der Waals surface area (Å²) in [4.78, 5) is 0. The molecule has 0 bridgehead atoms. The summed E-state index contributed by atoms with van der Waals surface area (Å²) in [6.45, 7) is 6.66. The molecule has 0 spiro atoms. The summed E-state index contributed by atoms with van der Waals surface area (Å²) < 4.78 is 15.9. The minimum Gasteiger partial charge on any atom is -0.372 e. The van der Waals surface area contributed by atoms with E-state index in [0.717, 1.165) is 12.5 Å². The number of hydrogen-bond acceptors (Lipinski definition) is 4. The Bertz CT molecular complexity index is 119. The van der Waals surface area contributed by atoms with Gasteiger partial charge in [-0.25, -0.2) is 0 Å². The van der Waals surface area contributed by atoms with Crippen LogP contribution in [-0.4, -0.2) is 34.7 Å². The van der Waals surface area contributed by atoms with Crippen LogP contribution >= 0.6 is 12.6 Å². The fourth-order valence-electron chi connectivity index (χ4n) is 0.783. The lowest BCUT2D eigenvalue weighted by molar-refractivity contribution is -0.243. The van der Waals surface area contributed by atoms with Crippen LogP contribution in [0.15, 0.2) is 0 Å². The van der Waals surface area contributed by atoms with Crippen molar-refractivity contribution in [3.8, 4) is 0 Å². The molecule has 0 aromatic carbocycles. The maximum Gasteiger partial charge on any atom is 0.261 e. The largest absolute Gasteiger partial charge is 0.372 e. The molecule has 0 amide bonds. The summed E-state index contributed by atoms with van der Waals surface area (Å²) in [5.74, 6) is 0. The van der Waals surface area contributed by atoms with E-state index in [9.17, 15) is 0 Å². The molecule has 0 aliphatic rings. The molecular weight excluding hydrogens is 216 g/mol. The predicted molar refractivity (Wildman–Crippen MR) is 61.8 cm³/mol. The second kappa shape index (κ2) is 9.98. The van der Waals surface area contributed by atoms with Gasteiger partial charge in [0, 0.05) is 13.2 Å². The van der Waals surface area contributed by atoms with Gasteiger partial charge < -0.3 is 13.9 Å². The van der Waals surface area contributed by atoms with Crippen molar-refractivity contribution in [2.45, 2.75) is 45.0 Å². The lowest BCUT2D eigenvalue weighted by Crippen LogP contribution is -2.23. The molecule has 0 N–H and O–H groups in total. The van der Waals surface area contributed by atoms with Gasteiger partial charge in [0.1, 0.15) is 0 Å². The molecular formula is C9H20O3SSi. The molecule has 0 saturated heterocycles. The molecule has 0 fully saturated rings. The zero-order valence-electron chi connectivity index (χ0n) is 9.16. The van der Waals surface area contributed by atoms with E-state index < -0.39 is 6.48 Å². The Morgan fingerprint density at radius 1 is 1.21 bits per heavy atom. The number of thiol groups is 1. The Kier molecular flexibility index (Phi) is 10.3. The van der Waals surface area contributed by atoms with Crippen molar-refractivity contribution in [1.82, 2.24) is 0 Å². The average molecular weight is 236 g/mol. The third kappa shape index (κ3) is 9.02. The van der Waals surface area contributed by atoms with E-state index in [1.807, 2.05) is 13.8 Å². The summed E-state index contributed by atoms with van der Waals surface area (Å²) in [6.07, 6.45) is 1.06. The molecule has 84 valence electrons. The number of ether oxygens (including phenoxy) is 2. The zero-order valence-corrected chi connectivity index (χ0v) is 11.0. The second-order valence-electron chi connectivity index (χ2n) is 2.85. The van der Waals surface area contributed by atoms with Gasteiger partial charge >= 0.3 is 0 Å². The Labute approximate surface area is 94.9 Å². The molecule has 1 atom stereocenters. The van der Waals surface area contributed by atoms with Crippen LogP contribution in [0.4, 0.5) is 0 Å². The van der Waals surface area contributed by atoms with Crippen LogP contribution < -0.4 is 0 Å². The maximum atomic E-state index is 5.42. The Hall–Kier alpha value is 0.447. The van der Waals surface area contributed by atoms with E-state index >= 15 is 0 Å². The minimum absolute atomic E-state index is 0.426. The van der Waals surface area contributed by atoms with Crippen molar-refractivity contribution < 1.29 is 13.9 Å². The van der Waals surface area contributed by atoms with Gasteiger partial charge in [-0.15, -0.1) is 0 Å². The summed E-state index contributed by atoms with van der Waals surface area (Å²) >= 11 is 4.29. The highest BCUT2D eigenvalue weighted by Gasteiger charge is 2.08. The maximum absolute atomic E-state index is 5.42. The lowest BCUT2D eigenvalue weighted by atomic mass is 10.4. The highest BCUT2D eigenvalue weighted by atomic mass is 32.1. The van der Waals surface area contributed by atoms with Gasteiger partial charge in [-0.3, -0.25) is 0 Å². The van der Waals surface area contributed by atoms with Crippen LogP contribution in [0.3, 0.4) is 0 Å². The molecule has 2 radical (unpaired) electrons. The highest BCUT2D eigenvalue weighted by molar-refractivity contribution is 7.80. The summed E-state index contributed by atoms with van der Waals surface area (Å²) in [7, 11) is 0.426. The molecule has 0 aliphatic heterocycles. The predicted octanol–water partition coefficient (Wildman–Crippen LogP) is 2.11. The zero-order chi connectivity index (χ0) is 10.8. The average Bonchev–Trinajstić information content (AvgIpc) is 2.12. The molecule has 0 aromatic heterocycles. The molecule has 1 unspecified atom stereocenters. The van der Waals surface area contributed by atoms with Crippen LogP contribution in [0.25, 0.3) is 0 Å². The van der Waals surface area contributed by atoms with Gasteiger partial charge in [0.15, 0.2) is 0 Å². The quantitative estimate of drug-likeness (QED) is 0.287. The molecule has 5 heteroatoms. The minimum atomic E-state index is -0.487. The van der Waals surface area contributed by atoms with Gasteiger partial charge in [-0.05, 0) is 31.6 Å². The SMILES string of the molecule is CCOC(OCC)O[Si]CCC(C)S. The van der Waals surface area contributed by atoms with Gasteiger partial charge in [-0.1, -0.05) is 6.92 Å². The van der Waals surface area contributed by atoms with Crippen LogP contribution in [0.5, 0.6) is 0 Å². The molecule has 0 aromatic rings. The number of hydrogen-bond donors (Lipinski definition) is 1. The molecule has 0 heterocycles. The van der Waals surface area contributed by atoms with Crippen LogP contribution in [-0.2, 0) is 13.9 Å². The Morgan fingerprint density at radius 3 is 2.21 bits per heavy atom. The van der Waals surface area contributed by atoms with Gasteiger partial charge in [-0.2, -0.15) is 12.6 Å². The van der Waals surface area contributed by atoms with Crippen molar-refractivity contribution in [3.63, 3.8) is 0 Å². The third-order valence-electron chi connectivity index (χ3n) is 1.45. The first-order chi connectivity index (χ1) is 6.70. The van der Waals surface area contributed by atoms with Crippen LogP contribution in [0.1, 0.15) is 27.2 Å². The molecule has 14 heavy (non-hydrogen) atoms. The van der Waals surface area contributed by atoms with E-state index in [1.165, 1.54) is 0 Å². The summed E-state index contributed by atoms with van der Waals surface area (Å²) in [6, 6.07) is 1.02. The lowest BCUT2D eigenvalue weighted by Gasteiger charge is -2.16. The summed E-state index contributed by atoms with van der Waals surface area (Å²) in [5.41, 5.74) is 0. The first-order valence-corrected chi connectivity index (χ1v) is 6.63. The topological polar surface area (TPSA) is 27.7 Å². The van der Waals surface area contributed by atoms with E-state index in [4.69, 9.17) is 13.9 Å². The van der Waals surface area contributed by atoms with Crippen molar-refractivity contribution in [2.75, 3.05) is 13.2 Å². The second-order valence-corrected chi connectivity index (χ2v) is 4.76. The van der Waals surface area contributed by atoms with Crippen molar-refractivity contribution in [2.24, 2.45) is 0 Å². The fourth-order valence-corrected chi connectivity index (χ4v) is 2.10. The smallest absolute Gasteiger partial charge is 0.261 e. The van der Waals surface area contributed by atoms with E-state index in [1.54, 1.807) is 0 Å². The third-order valence-corrected chi connectivity index (χ3v) is 2.56. The van der Waals surface area contributed by atoms with E-state index in [2.05, 4.69) is 19.6 Å². The molecule has 0 aliphatic carbocycles. The van der Waals surface area contributed by atoms with Crippen molar-refractivity contribution in [1.29, 1.82) is 0 Å². The molecule has 0 rings (SSSR count). The van der Waals surface area contributed by atoms with E-state index in [-0.39, 0.29) is 0 Å². The van der Waals surface area contributed by atoms with Crippen molar-refractivity contribution >= 4 is 22.4 Å². The molecule has 0 saturated carbocycles. The Morgan fingerprint density at radius 2 is 1.79 bits per heavy atom. The van der Waals surface area contributed by atoms with Crippen LogP contribution in [0, 0.1) is 0 Å². The van der Waals surface area contributed by atoms with Crippen molar-refractivity contribution in [3.05, 3.63) is 0 Å². The molecule has 3 nitrogen and oxygen atoms in total. The Balaban J connectivity index is 3.40. The van der Waals surface area contributed by atoms with Gasteiger partial charge in [0.2, 0.25) is 9.76 Å². The highest BCUT2D eigenvalue weighted by Crippen LogP contribution is 2.04. The monoisotopic (exact) mass is 236 g/mol. The normalized spacial score (nSPS) is 13.5. The fraction of sp³-hybridized carbons (Fsp3) is 1.00. The van der Waals surface area contributed by atoms with Crippen LogP contribution in [0.2, 0.25) is 6.04 Å². The standard InChI is InChI=1S/C9H20O3SSi/c1-4-10-9(11-5-2)12-14-7-6-8(3)13/h8-9,13H,4-7H2,1-3H3. The van der Waals surface area contributed by atoms with Gasteiger partial charge in [0.05, 0.1) is 0 Å². The first-order valence-electron chi connectivity index (χ1n) is 5.00.